The summed E-state index contributed by atoms with van der Waals surface area (Å²) >= 11 is 1.59. The van der Waals surface area contributed by atoms with Crippen molar-refractivity contribution in [3.63, 3.8) is 0 Å². The number of hydrogen-bond acceptors (Lipinski definition) is 3. The molecule has 5 heteroatoms. The standard InChI is InChI=1S/C14H12FN3S/c1-8-7-19-14(16-8)12-9(2)17-18-13(12)10-3-5-11(15)6-4-10/h3-7H,1-2H3,(H,17,18). The van der Waals surface area contributed by atoms with Crippen LogP contribution in [0.5, 0.6) is 0 Å². The van der Waals surface area contributed by atoms with E-state index in [0.29, 0.717) is 0 Å². The summed E-state index contributed by atoms with van der Waals surface area (Å²) in [5.41, 5.74) is 4.64. The van der Waals surface area contributed by atoms with Gasteiger partial charge in [-0.25, -0.2) is 9.37 Å². The molecule has 3 aromatic rings. The second-order valence-corrected chi connectivity index (χ2v) is 5.23. The van der Waals surface area contributed by atoms with Crippen LogP contribution in [0, 0.1) is 19.7 Å². The lowest BCUT2D eigenvalue weighted by Crippen LogP contribution is -1.84. The Labute approximate surface area is 114 Å². The van der Waals surface area contributed by atoms with Crippen LogP contribution in [-0.2, 0) is 0 Å². The zero-order valence-corrected chi connectivity index (χ0v) is 11.4. The van der Waals surface area contributed by atoms with Crippen molar-refractivity contribution < 1.29 is 4.39 Å². The molecular weight excluding hydrogens is 261 g/mol. The lowest BCUT2D eigenvalue weighted by molar-refractivity contribution is 0.628. The molecule has 3 nitrogen and oxygen atoms in total. The highest BCUT2D eigenvalue weighted by Crippen LogP contribution is 2.34. The Morgan fingerprint density at radius 3 is 2.53 bits per heavy atom. The first-order chi connectivity index (χ1) is 9.15. The molecule has 96 valence electrons. The first-order valence-electron chi connectivity index (χ1n) is 5.88. The molecule has 0 aliphatic heterocycles. The van der Waals surface area contributed by atoms with Crippen LogP contribution in [0.25, 0.3) is 21.8 Å². The smallest absolute Gasteiger partial charge is 0.127 e. The van der Waals surface area contributed by atoms with Crippen LogP contribution in [0.1, 0.15) is 11.4 Å². The van der Waals surface area contributed by atoms with E-state index in [9.17, 15) is 4.39 Å². The fourth-order valence-electron chi connectivity index (χ4n) is 1.98. The molecule has 0 unspecified atom stereocenters. The molecule has 0 radical (unpaired) electrons. The Balaban J connectivity index is 2.15. The Morgan fingerprint density at radius 1 is 1.16 bits per heavy atom. The number of aryl methyl sites for hydroxylation is 2. The molecule has 0 amide bonds. The number of H-pyrrole nitrogens is 1. The minimum Gasteiger partial charge on any atom is -0.281 e. The van der Waals surface area contributed by atoms with Crippen molar-refractivity contribution in [1.82, 2.24) is 15.2 Å². The van der Waals surface area contributed by atoms with E-state index in [0.717, 1.165) is 33.2 Å². The minimum absolute atomic E-state index is 0.248. The lowest BCUT2D eigenvalue weighted by atomic mass is 10.1. The number of halogens is 1. The molecule has 0 atom stereocenters. The number of thiazole rings is 1. The van der Waals surface area contributed by atoms with Crippen LogP contribution in [-0.4, -0.2) is 15.2 Å². The molecule has 0 spiro atoms. The fraction of sp³-hybridized carbons (Fsp3) is 0.143. The van der Waals surface area contributed by atoms with Gasteiger partial charge in [-0.2, -0.15) is 5.10 Å². The normalized spacial score (nSPS) is 10.9. The van der Waals surface area contributed by atoms with E-state index >= 15 is 0 Å². The number of aromatic nitrogens is 3. The molecule has 0 saturated carbocycles. The van der Waals surface area contributed by atoms with E-state index in [2.05, 4.69) is 15.2 Å². The van der Waals surface area contributed by atoms with Crippen LogP contribution in [0.3, 0.4) is 0 Å². The van der Waals surface area contributed by atoms with E-state index < -0.39 is 0 Å². The van der Waals surface area contributed by atoms with Crippen molar-refractivity contribution >= 4 is 11.3 Å². The van der Waals surface area contributed by atoms with Gasteiger partial charge < -0.3 is 0 Å². The molecule has 0 aliphatic carbocycles. The summed E-state index contributed by atoms with van der Waals surface area (Å²) in [5, 5.41) is 10.2. The quantitative estimate of drug-likeness (QED) is 0.768. The van der Waals surface area contributed by atoms with Crippen LogP contribution in [0.2, 0.25) is 0 Å². The zero-order chi connectivity index (χ0) is 13.4. The zero-order valence-electron chi connectivity index (χ0n) is 10.6. The molecular formula is C14H12FN3S. The average Bonchev–Trinajstić information content (AvgIpc) is 2.96. The monoisotopic (exact) mass is 273 g/mol. The highest BCUT2D eigenvalue weighted by atomic mass is 32.1. The number of nitrogens with zero attached hydrogens (tertiary/aromatic N) is 2. The maximum absolute atomic E-state index is 13.0. The summed E-state index contributed by atoms with van der Waals surface area (Å²) in [7, 11) is 0. The van der Waals surface area contributed by atoms with E-state index in [1.165, 1.54) is 12.1 Å². The maximum Gasteiger partial charge on any atom is 0.127 e. The van der Waals surface area contributed by atoms with Crippen LogP contribution >= 0.6 is 11.3 Å². The SMILES string of the molecule is Cc1csc(-c2c(-c3ccc(F)cc3)n[nH]c2C)n1. The van der Waals surface area contributed by atoms with Crippen LogP contribution in [0.4, 0.5) is 4.39 Å². The van der Waals surface area contributed by atoms with Crippen LogP contribution in [0.15, 0.2) is 29.6 Å². The van der Waals surface area contributed by atoms with Gasteiger partial charge in [0.2, 0.25) is 0 Å². The predicted octanol–water partition coefficient (Wildman–Crippen LogP) is 3.96. The summed E-state index contributed by atoms with van der Waals surface area (Å²) in [5.74, 6) is -0.248. The third-order valence-electron chi connectivity index (χ3n) is 2.90. The molecule has 0 aliphatic rings. The van der Waals surface area contributed by atoms with E-state index in [4.69, 9.17) is 0 Å². The molecule has 3 rings (SSSR count). The topological polar surface area (TPSA) is 41.6 Å². The van der Waals surface area contributed by atoms with Gasteiger partial charge in [-0.3, -0.25) is 5.10 Å². The first-order valence-corrected chi connectivity index (χ1v) is 6.76. The maximum atomic E-state index is 13.0. The second kappa shape index (κ2) is 4.59. The summed E-state index contributed by atoms with van der Waals surface area (Å²) in [6.45, 7) is 3.93. The second-order valence-electron chi connectivity index (χ2n) is 4.37. The van der Waals surface area contributed by atoms with E-state index in [-0.39, 0.29) is 5.82 Å². The molecule has 1 aromatic carbocycles. The summed E-state index contributed by atoms with van der Waals surface area (Å²) in [4.78, 5) is 4.50. The number of benzene rings is 1. The van der Waals surface area contributed by atoms with Crippen molar-refractivity contribution in [2.45, 2.75) is 13.8 Å². The van der Waals surface area contributed by atoms with E-state index in [1.54, 1.807) is 23.5 Å². The number of hydrogen-bond donors (Lipinski definition) is 1. The molecule has 0 saturated heterocycles. The van der Waals surface area contributed by atoms with Gasteiger partial charge in [0, 0.05) is 22.3 Å². The largest absolute Gasteiger partial charge is 0.281 e. The Morgan fingerprint density at radius 2 is 1.89 bits per heavy atom. The van der Waals surface area contributed by atoms with Gasteiger partial charge in [-0.1, -0.05) is 0 Å². The van der Waals surface area contributed by atoms with Crippen molar-refractivity contribution in [2.24, 2.45) is 0 Å². The first kappa shape index (κ1) is 12.0. The highest BCUT2D eigenvalue weighted by molar-refractivity contribution is 7.13. The lowest BCUT2D eigenvalue weighted by Gasteiger charge is -2.01. The number of rotatable bonds is 2. The number of aromatic amines is 1. The van der Waals surface area contributed by atoms with Crippen molar-refractivity contribution in [3.05, 3.63) is 46.9 Å². The van der Waals surface area contributed by atoms with Gasteiger partial charge in [0.25, 0.3) is 0 Å². The summed E-state index contributed by atoms with van der Waals surface area (Å²) in [6.07, 6.45) is 0. The van der Waals surface area contributed by atoms with Gasteiger partial charge in [-0.15, -0.1) is 11.3 Å². The van der Waals surface area contributed by atoms with E-state index in [1.807, 2.05) is 19.2 Å². The molecule has 2 heterocycles. The molecule has 2 aromatic heterocycles. The fourth-order valence-corrected chi connectivity index (χ4v) is 2.88. The van der Waals surface area contributed by atoms with Gasteiger partial charge >= 0.3 is 0 Å². The van der Waals surface area contributed by atoms with Gasteiger partial charge in [0.05, 0.1) is 5.56 Å². The van der Waals surface area contributed by atoms with Gasteiger partial charge in [0.1, 0.15) is 16.5 Å². The predicted molar refractivity (Wildman–Crippen MR) is 74.6 cm³/mol. The van der Waals surface area contributed by atoms with Gasteiger partial charge in [0.15, 0.2) is 0 Å². The summed E-state index contributed by atoms with van der Waals surface area (Å²) < 4.78 is 13.0. The third kappa shape index (κ3) is 2.17. The average molecular weight is 273 g/mol. The molecule has 0 bridgehead atoms. The van der Waals surface area contributed by atoms with Crippen molar-refractivity contribution in [3.8, 4) is 21.8 Å². The van der Waals surface area contributed by atoms with Crippen molar-refractivity contribution in [2.75, 3.05) is 0 Å². The minimum atomic E-state index is -0.248. The van der Waals surface area contributed by atoms with Crippen LogP contribution < -0.4 is 0 Å². The highest BCUT2D eigenvalue weighted by Gasteiger charge is 2.16. The Hall–Kier alpha value is -2.01. The third-order valence-corrected chi connectivity index (χ3v) is 3.88. The van der Waals surface area contributed by atoms with Crippen molar-refractivity contribution in [1.29, 1.82) is 0 Å². The number of nitrogens with one attached hydrogen (secondary N) is 1. The summed E-state index contributed by atoms with van der Waals surface area (Å²) in [6, 6.07) is 6.34. The molecule has 0 fully saturated rings. The molecule has 19 heavy (non-hydrogen) atoms. The Kier molecular flexibility index (Phi) is 2.91. The molecule has 1 N–H and O–H groups in total. The Bertz CT molecular complexity index is 713. The van der Waals surface area contributed by atoms with Gasteiger partial charge in [-0.05, 0) is 38.1 Å².